The molecule has 0 unspecified atom stereocenters. The lowest BCUT2D eigenvalue weighted by molar-refractivity contribution is 0.195. The summed E-state index contributed by atoms with van der Waals surface area (Å²) in [5.74, 6) is 0. The summed E-state index contributed by atoms with van der Waals surface area (Å²) >= 11 is 0. The van der Waals surface area contributed by atoms with Gasteiger partial charge < -0.3 is 10.2 Å². The summed E-state index contributed by atoms with van der Waals surface area (Å²) in [6.07, 6.45) is 0.976. The first-order chi connectivity index (χ1) is 7.77. The van der Waals surface area contributed by atoms with E-state index in [4.69, 9.17) is 0 Å². The third-order valence-corrected chi connectivity index (χ3v) is 2.32. The first-order valence-electron chi connectivity index (χ1n) is 5.84. The Morgan fingerprint density at radius 3 is 2.50 bits per heavy atom. The molecule has 0 atom stereocenters. The lowest BCUT2D eigenvalue weighted by Crippen LogP contribution is -2.39. The molecule has 0 spiro atoms. The van der Waals surface area contributed by atoms with Crippen molar-refractivity contribution in [2.24, 2.45) is 0 Å². The Hall–Kier alpha value is -1.51. The van der Waals surface area contributed by atoms with Gasteiger partial charge in [0.2, 0.25) is 0 Å². The predicted molar refractivity (Wildman–Crippen MR) is 66.2 cm³/mol. The van der Waals surface area contributed by atoms with Gasteiger partial charge in [-0.25, -0.2) is 4.79 Å². The van der Waals surface area contributed by atoms with Gasteiger partial charge in [0, 0.05) is 19.6 Å². The summed E-state index contributed by atoms with van der Waals surface area (Å²) < 4.78 is 0. The smallest absolute Gasteiger partial charge is 0.317 e. The second-order valence-electron chi connectivity index (χ2n) is 3.74. The van der Waals surface area contributed by atoms with Gasteiger partial charge in [-0.15, -0.1) is 0 Å². The maximum atomic E-state index is 11.8. The number of nitrogens with one attached hydrogen (secondary N) is 1. The quantitative estimate of drug-likeness (QED) is 0.813. The van der Waals surface area contributed by atoms with Gasteiger partial charge in [-0.2, -0.15) is 0 Å². The van der Waals surface area contributed by atoms with Crippen LogP contribution in [0, 0.1) is 0 Å². The van der Waals surface area contributed by atoms with Crippen molar-refractivity contribution in [3.63, 3.8) is 0 Å². The lowest BCUT2D eigenvalue weighted by Gasteiger charge is -2.22. The Morgan fingerprint density at radius 2 is 1.94 bits per heavy atom. The van der Waals surface area contributed by atoms with Gasteiger partial charge in [0.15, 0.2) is 0 Å². The average Bonchev–Trinajstić information content (AvgIpc) is 2.30. The monoisotopic (exact) mass is 220 g/mol. The van der Waals surface area contributed by atoms with Crippen molar-refractivity contribution in [2.45, 2.75) is 26.8 Å². The van der Waals surface area contributed by atoms with Crippen molar-refractivity contribution < 1.29 is 4.79 Å². The van der Waals surface area contributed by atoms with E-state index in [0.29, 0.717) is 13.1 Å². The Kier molecular flexibility index (Phi) is 5.40. The number of nitrogens with zero attached hydrogens (tertiary/aromatic N) is 1. The zero-order valence-electron chi connectivity index (χ0n) is 10.1. The molecule has 0 radical (unpaired) electrons. The first-order valence-corrected chi connectivity index (χ1v) is 5.84. The molecule has 0 saturated heterocycles. The minimum absolute atomic E-state index is 0.0215. The van der Waals surface area contributed by atoms with E-state index in [-0.39, 0.29) is 6.03 Å². The first kappa shape index (κ1) is 12.6. The van der Waals surface area contributed by atoms with E-state index < -0.39 is 0 Å². The molecule has 88 valence electrons. The molecule has 1 aromatic carbocycles. The second-order valence-corrected chi connectivity index (χ2v) is 3.74. The van der Waals surface area contributed by atoms with Gasteiger partial charge in [-0.1, -0.05) is 37.3 Å². The third-order valence-electron chi connectivity index (χ3n) is 2.32. The normalized spacial score (nSPS) is 9.88. The van der Waals surface area contributed by atoms with Gasteiger partial charge in [0.05, 0.1) is 0 Å². The summed E-state index contributed by atoms with van der Waals surface area (Å²) in [6, 6.07) is 10.1. The van der Waals surface area contributed by atoms with Crippen LogP contribution in [-0.4, -0.2) is 24.0 Å². The minimum Gasteiger partial charge on any atom is -0.338 e. The van der Waals surface area contributed by atoms with Crippen molar-refractivity contribution in [2.75, 3.05) is 13.1 Å². The highest BCUT2D eigenvalue weighted by Gasteiger charge is 2.11. The molecule has 0 fully saturated rings. The molecule has 0 bridgehead atoms. The van der Waals surface area contributed by atoms with Crippen LogP contribution in [-0.2, 0) is 6.54 Å². The topological polar surface area (TPSA) is 32.3 Å². The van der Waals surface area contributed by atoms with Crippen LogP contribution in [0.3, 0.4) is 0 Å². The van der Waals surface area contributed by atoms with Crippen LogP contribution < -0.4 is 5.32 Å². The van der Waals surface area contributed by atoms with E-state index in [1.54, 1.807) is 0 Å². The number of benzene rings is 1. The largest absolute Gasteiger partial charge is 0.338 e. The van der Waals surface area contributed by atoms with Gasteiger partial charge in [-0.05, 0) is 18.9 Å². The van der Waals surface area contributed by atoms with E-state index >= 15 is 0 Å². The van der Waals surface area contributed by atoms with Crippen LogP contribution in [0.4, 0.5) is 4.79 Å². The number of rotatable bonds is 5. The Bertz CT molecular complexity index is 311. The molecular formula is C13H20N2O. The molecular weight excluding hydrogens is 200 g/mol. The van der Waals surface area contributed by atoms with E-state index in [9.17, 15) is 4.79 Å². The van der Waals surface area contributed by atoms with Gasteiger partial charge in [0.1, 0.15) is 0 Å². The highest BCUT2D eigenvalue weighted by atomic mass is 16.2. The van der Waals surface area contributed by atoms with Crippen LogP contribution in [0.25, 0.3) is 0 Å². The third kappa shape index (κ3) is 3.93. The fourth-order valence-electron chi connectivity index (χ4n) is 1.59. The zero-order chi connectivity index (χ0) is 11.8. The second kappa shape index (κ2) is 6.88. The predicted octanol–water partition coefficient (Wildman–Crippen LogP) is 2.63. The van der Waals surface area contributed by atoms with Gasteiger partial charge >= 0.3 is 6.03 Å². The fourth-order valence-corrected chi connectivity index (χ4v) is 1.59. The Labute approximate surface area is 97.5 Å². The Morgan fingerprint density at radius 1 is 1.25 bits per heavy atom. The van der Waals surface area contributed by atoms with E-state index in [1.807, 2.05) is 42.2 Å². The molecule has 16 heavy (non-hydrogen) atoms. The molecule has 1 rings (SSSR count). The molecule has 2 amide bonds. The number of hydrogen-bond acceptors (Lipinski definition) is 1. The van der Waals surface area contributed by atoms with Crippen LogP contribution in [0.15, 0.2) is 30.3 Å². The van der Waals surface area contributed by atoms with Crippen molar-refractivity contribution in [1.82, 2.24) is 10.2 Å². The number of carbonyl (C=O) groups is 1. The standard InChI is InChI=1S/C13H20N2O/c1-3-10-15(13(16)14-4-2)11-12-8-6-5-7-9-12/h5-9H,3-4,10-11H2,1-2H3,(H,14,16). The van der Waals surface area contributed by atoms with Crippen molar-refractivity contribution in [1.29, 1.82) is 0 Å². The number of hydrogen-bond donors (Lipinski definition) is 1. The van der Waals surface area contributed by atoms with E-state index in [1.165, 1.54) is 5.56 Å². The average molecular weight is 220 g/mol. The van der Waals surface area contributed by atoms with Crippen LogP contribution in [0.5, 0.6) is 0 Å². The molecule has 3 heteroatoms. The molecule has 1 aromatic rings. The SMILES string of the molecule is CCCN(Cc1ccccc1)C(=O)NCC. The highest BCUT2D eigenvalue weighted by molar-refractivity contribution is 5.74. The van der Waals surface area contributed by atoms with Gasteiger partial charge in [-0.3, -0.25) is 0 Å². The molecule has 1 N–H and O–H groups in total. The summed E-state index contributed by atoms with van der Waals surface area (Å²) in [7, 11) is 0. The lowest BCUT2D eigenvalue weighted by atomic mass is 10.2. The Balaban J connectivity index is 2.60. The fraction of sp³-hybridized carbons (Fsp3) is 0.462. The summed E-state index contributed by atoms with van der Waals surface area (Å²) in [5.41, 5.74) is 1.17. The molecule has 0 aliphatic heterocycles. The molecule has 0 aliphatic carbocycles. The minimum atomic E-state index is 0.0215. The summed E-state index contributed by atoms with van der Waals surface area (Å²) in [4.78, 5) is 13.6. The molecule has 0 saturated carbocycles. The molecule has 0 heterocycles. The number of amides is 2. The molecule has 3 nitrogen and oxygen atoms in total. The van der Waals surface area contributed by atoms with E-state index in [0.717, 1.165) is 13.0 Å². The number of urea groups is 1. The van der Waals surface area contributed by atoms with Gasteiger partial charge in [0.25, 0.3) is 0 Å². The number of carbonyl (C=O) groups excluding carboxylic acids is 1. The van der Waals surface area contributed by atoms with E-state index in [2.05, 4.69) is 12.2 Å². The van der Waals surface area contributed by atoms with Crippen LogP contribution >= 0.6 is 0 Å². The van der Waals surface area contributed by atoms with Crippen molar-refractivity contribution in [3.8, 4) is 0 Å². The summed E-state index contributed by atoms with van der Waals surface area (Å²) in [5, 5.41) is 2.84. The maximum absolute atomic E-state index is 11.8. The highest BCUT2D eigenvalue weighted by Crippen LogP contribution is 2.05. The van der Waals surface area contributed by atoms with Crippen LogP contribution in [0.2, 0.25) is 0 Å². The maximum Gasteiger partial charge on any atom is 0.317 e. The van der Waals surface area contributed by atoms with Crippen LogP contribution in [0.1, 0.15) is 25.8 Å². The molecule has 0 aromatic heterocycles. The summed E-state index contributed by atoms with van der Waals surface area (Å²) in [6.45, 7) is 6.16. The van der Waals surface area contributed by atoms with Crippen molar-refractivity contribution in [3.05, 3.63) is 35.9 Å². The zero-order valence-corrected chi connectivity index (χ0v) is 10.1. The molecule has 0 aliphatic rings. The van der Waals surface area contributed by atoms with Crippen molar-refractivity contribution >= 4 is 6.03 Å².